The van der Waals surface area contributed by atoms with E-state index in [1.165, 1.54) is 11.3 Å². The van der Waals surface area contributed by atoms with Gasteiger partial charge in [-0.1, -0.05) is 11.6 Å². The van der Waals surface area contributed by atoms with E-state index in [0.717, 1.165) is 28.5 Å². The quantitative estimate of drug-likeness (QED) is 0.612. The number of thiazole rings is 1. The maximum absolute atomic E-state index is 12.9. The van der Waals surface area contributed by atoms with Crippen LogP contribution in [-0.4, -0.2) is 35.0 Å². The molecule has 0 spiro atoms. The SMILES string of the molecule is Cc1sc(-c2ccco2)nc1C(=O)N1CCC(Oc2ccc(Cl)cc2)CC1. The molecule has 5 nitrogen and oxygen atoms in total. The highest BCUT2D eigenvalue weighted by atomic mass is 35.5. The lowest BCUT2D eigenvalue weighted by Gasteiger charge is -2.32. The van der Waals surface area contributed by atoms with Gasteiger partial charge in [-0.05, 0) is 43.3 Å². The third-order valence-electron chi connectivity index (χ3n) is 4.58. The highest BCUT2D eigenvalue weighted by molar-refractivity contribution is 7.15. The summed E-state index contributed by atoms with van der Waals surface area (Å²) in [6.07, 6.45) is 3.30. The van der Waals surface area contributed by atoms with E-state index in [4.69, 9.17) is 20.8 Å². The number of rotatable bonds is 4. The molecule has 0 saturated carbocycles. The Kier molecular flexibility index (Phi) is 5.18. The van der Waals surface area contributed by atoms with Crippen molar-refractivity contribution in [3.63, 3.8) is 0 Å². The molecule has 1 amide bonds. The van der Waals surface area contributed by atoms with E-state index in [1.54, 1.807) is 6.26 Å². The van der Waals surface area contributed by atoms with Crippen molar-refractivity contribution in [1.82, 2.24) is 9.88 Å². The molecule has 2 aromatic heterocycles. The van der Waals surface area contributed by atoms with Crippen molar-refractivity contribution in [2.24, 2.45) is 0 Å². The van der Waals surface area contributed by atoms with Crippen LogP contribution in [0.1, 0.15) is 28.2 Å². The van der Waals surface area contributed by atoms with Crippen molar-refractivity contribution in [1.29, 1.82) is 0 Å². The first-order chi connectivity index (χ1) is 13.1. The van der Waals surface area contributed by atoms with Gasteiger partial charge in [-0.2, -0.15) is 0 Å². The van der Waals surface area contributed by atoms with Crippen molar-refractivity contribution in [3.05, 3.63) is 58.3 Å². The van der Waals surface area contributed by atoms with Crippen LogP contribution in [0.4, 0.5) is 0 Å². The first-order valence-electron chi connectivity index (χ1n) is 8.83. The van der Waals surface area contributed by atoms with E-state index in [-0.39, 0.29) is 12.0 Å². The van der Waals surface area contributed by atoms with Gasteiger partial charge in [0.15, 0.2) is 10.8 Å². The summed E-state index contributed by atoms with van der Waals surface area (Å²) in [5, 5.41) is 1.43. The van der Waals surface area contributed by atoms with Gasteiger partial charge in [0.25, 0.3) is 5.91 Å². The summed E-state index contributed by atoms with van der Waals surface area (Å²) in [5.74, 6) is 1.48. The Labute approximate surface area is 166 Å². The Bertz CT molecular complexity index is 913. The number of ether oxygens (including phenoxy) is 1. The highest BCUT2D eigenvalue weighted by Gasteiger charge is 2.27. The Morgan fingerprint density at radius 3 is 2.67 bits per heavy atom. The largest absolute Gasteiger partial charge is 0.490 e. The zero-order chi connectivity index (χ0) is 18.8. The van der Waals surface area contributed by atoms with Crippen molar-refractivity contribution in [2.75, 3.05) is 13.1 Å². The molecule has 0 aliphatic carbocycles. The molecule has 4 rings (SSSR count). The van der Waals surface area contributed by atoms with Crippen LogP contribution < -0.4 is 4.74 Å². The number of likely N-dealkylation sites (tertiary alicyclic amines) is 1. The Balaban J connectivity index is 1.38. The topological polar surface area (TPSA) is 55.6 Å². The van der Waals surface area contributed by atoms with Crippen molar-refractivity contribution in [2.45, 2.75) is 25.9 Å². The van der Waals surface area contributed by atoms with Gasteiger partial charge < -0.3 is 14.1 Å². The van der Waals surface area contributed by atoms with Crippen LogP contribution in [0.2, 0.25) is 5.02 Å². The van der Waals surface area contributed by atoms with Gasteiger partial charge in [0.05, 0.1) is 6.26 Å². The summed E-state index contributed by atoms with van der Waals surface area (Å²) in [6, 6.07) is 11.0. The van der Waals surface area contributed by atoms with Crippen LogP contribution in [0.5, 0.6) is 5.75 Å². The summed E-state index contributed by atoms with van der Waals surface area (Å²) in [4.78, 5) is 20.2. The zero-order valence-corrected chi connectivity index (χ0v) is 16.4. The molecular weight excluding hydrogens is 384 g/mol. The summed E-state index contributed by atoms with van der Waals surface area (Å²) in [6.45, 7) is 3.24. The van der Waals surface area contributed by atoms with Crippen LogP contribution in [0.3, 0.4) is 0 Å². The monoisotopic (exact) mass is 402 g/mol. The van der Waals surface area contributed by atoms with Gasteiger partial charge in [-0.3, -0.25) is 4.79 Å². The first kappa shape index (κ1) is 18.1. The number of carbonyl (C=O) groups excluding carboxylic acids is 1. The number of aromatic nitrogens is 1. The minimum Gasteiger partial charge on any atom is -0.490 e. The second-order valence-corrected chi connectivity index (χ2v) is 8.10. The van der Waals surface area contributed by atoms with Gasteiger partial charge in [0.1, 0.15) is 17.5 Å². The van der Waals surface area contributed by atoms with Gasteiger partial charge >= 0.3 is 0 Å². The van der Waals surface area contributed by atoms with Gasteiger partial charge in [-0.25, -0.2) is 4.98 Å². The van der Waals surface area contributed by atoms with Crippen LogP contribution in [0.25, 0.3) is 10.8 Å². The second kappa shape index (κ2) is 7.74. The predicted octanol–water partition coefficient (Wildman–Crippen LogP) is 5.05. The van der Waals surface area contributed by atoms with E-state index in [1.807, 2.05) is 48.2 Å². The molecule has 1 aliphatic heterocycles. The molecule has 1 saturated heterocycles. The lowest BCUT2D eigenvalue weighted by atomic mass is 10.1. The molecule has 1 fully saturated rings. The number of amides is 1. The second-order valence-electron chi connectivity index (χ2n) is 6.46. The fraction of sp³-hybridized carbons (Fsp3) is 0.300. The Morgan fingerprint density at radius 1 is 1.26 bits per heavy atom. The molecule has 0 atom stereocenters. The maximum atomic E-state index is 12.9. The van der Waals surface area contributed by atoms with Crippen LogP contribution in [0.15, 0.2) is 47.1 Å². The summed E-state index contributed by atoms with van der Waals surface area (Å²) < 4.78 is 11.4. The Morgan fingerprint density at radius 2 is 2.00 bits per heavy atom. The minimum atomic E-state index is -0.0218. The first-order valence-corrected chi connectivity index (χ1v) is 10.0. The molecular formula is C20H19ClN2O3S. The fourth-order valence-electron chi connectivity index (χ4n) is 3.13. The van der Waals surface area contributed by atoms with Crippen LogP contribution in [-0.2, 0) is 0 Å². The van der Waals surface area contributed by atoms with Gasteiger partial charge in [-0.15, -0.1) is 11.3 Å². The number of aryl methyl sites for hydroxylation is 1. The summed E-state index contributed by atoms with van der Waals surface area (Å²) >= 11 is 7.38. The number of hydrogen-bond donors (Lipinski definition) is 0. The lowest BCUT2D eigenvalue weighted by Crippen LogP contribution is -2.42. The molecule has 1 aliphatic rings. The maximum Gasteiger partial charge on any atom is 0.273 e. The van der Waals surface area contributed by atoms with Crippen molar-refractivity contribution >= 4 is 28.8 Å². The third-order valence-corrected chi connectivity index (χ3v) is 5.81. The Hall–Kier alpha value is -2.31. The highest BCUT2D eigenvalue weighted by Crippen LogP contribution is 2.29. The van der Waals surface area contributed by atoms with Crippen LogP contribution >= 0.6 is 22.9 Å². The third kappa shape index (κ3) is 4.01. The summed E-state index contributed by atoms with van der Waals surface area (Å²) in [5.41, 5.74) is 0.517. The number of nitrogens with zero attached hydrogens (tertiary/aromatic N) is 2. The van der Waals surface area contributed by atoms with E-state index in [9.17, 15) is 4.79 Å². The number of piperidine rings is 1. The average molecular weight is 403 g/mol. The number of furan rings is 1. The molecule has 3 aromatic rings. The number of benzene rings is 1. The van der Waals surface area contributed by atoms with E-state index in [0.29, 0.717) is 29.6 Å². The molecule has 0 bridgehead atoms. The van der Waals surface area contributed by atoms with Gasteiger partial charge in [0, 0.05) is 35.8 Å². The van der Waals surface area contributed by atoms with Crippen molar-refractivity contribution < 1.29 is 13.9 Å². The lowest BCUT2D eigenvalue weighted by molar-refractivity contribution is 0.0590. The minimum absolute atomic E-state index is 0.0218. The van der Waals surface area contributed by atoms with E-state index in [2.05, 4.69) is 4.98 Å². The van der Waals surface area contributed by atoms with E-state index >= 15 is 0 Å². The molecule has 0 radical (unpaired) electrons. The molecule has 3 heterocycles. The van der Waals surface area contributed by atoms with Gasteiger partial charge in [0.2, 0.25) is 0 Å². The van der Waals surface area contributed by atoms with Crippen LogP contribution in [0, 0.1) is 6.92 Å². The number of carbonyl (C=O) groups is 1. The molecule has 140 valence electrons. The van der Waals surface area contributed by atoms with Crippen molar-refractivity contribution in [3.8, 4) is 16.5 Å². The molecule has 27 heavy (non-hydrogen) atoms. The standard InChI is InChI=1S/C20H19ClN2O3S/c1-13-18(22-19(27-13)17-3-2-12-25-17)20(24)23-10-8-16(9-11-23)26-15-6-4-14(21)5-7-15/h2-7,12,16H,8-11H2,1H3. The van der Waals surface area contributed by atoms with E-state index < -0.39 is 0 Å². The predicted molar refractivity (Wildman–Crippen MR) is 106 cm³/mol. The smallest absolute Gasteiger partial charge is 0.273 e. The number of hydrogen-bond acceptors (Lipinski definition) is 5. The summed E-state index contributed by atoms with van der Waals surface area (Å²) in [7, 11) is 0. The molecule has 7 heteroatoms. The molecule has 0 unspecified atom stereocenters. The number of halogens is 1. The molecule has 0 N–H and O–H groups in total. The average Bonchev–Trinajstić information content (AvgIpc) is 3.33. The molecule has 1 aromatic carbocycles. The fourth-order valence-corrected chi connectivity index (χ4v) is 4.13. The normalized spacial score (nSPS) is 15.1. The zero-order valence-electron chi connectivity index (χ0n) is 14.9.